The van der Waals surface area contributed by atoms with Crippen LogP contribution in [0.4, 0.5) is 0 Å². The lowest BCUT2D eigenvalue weighted by atomic mass is 10.1. The highest BCUT2D eigenvalue weighted by atomic mass is 16.4. The second-order valence-corrected chi connectivity index (χ2v) is 6.82. The number of carboxylic acids is 1. The third kappa shape index (κ3) is 25.7. The third-order valence-electron chi connectivity index (χ3n) is 4.15. The summed E-state index contributed by atoms with van der Waals surface area (Å²) in [5.74, 6) is -0.916. The number of aliphatic carboxylic acids is 1. The van der Waals surface area contributed by atoms with Gasteiger partial charge < -0.3 is 20.4 Å². The molecule has 0 amide bonds. The molecule has 0 saturated carbocycles. The van der Waals surface area contributed by atoms with E-state index in [0.717, 1.165) is 25.7 Å². The monoisotopic (exact) mass is 362 g/mol. The van der Waals surface area contributed by atoms with Gasteiger partial charge >= 0.3 is 5.97 Å². The molecule has 0 spiro atoms. The van der Waals surface area contributed by atoms with Gasteiger partial charge in [-0.05, 0) is 19.3 Å². The Hall–Kier alpha value is -0.650. The first-order chi connectivity index (χ1) is 12.0. The Labute approximate surface area is 154 Å². The molecule has 0 aromatic heterocycles. The van der Waals surface area contributed by atoms with Gasteiger partial charge in [-0.2, -0.15) is 0 Å². The van der Waals surface area contributed by atoms with E-state index in [1.807, 2.05) is 0 Å². The number of hydrogen-bond acceptors (Lipinski definition) is 4. The average molecular weight is 363 g/mol. The van der Waals surface area contributed by atoms with Crippen molar-refractivity contribution in [2.75, 3.05) is 6.61 Å². The lowest BCUT2D eigenvalue weighted by molar-refractivity contribution is -0.139. The summed E-state index contributed by atoms with van der Waals surface area (Å²) >= 11 is 0. The topological polar surface area (TPSA) is 98.0 Å². The molecule has 0 fully saturated rings. The zero-order valence-corrected chi connectivity index (χ0v) is 16.5. The fraction of sp³-hybridized carbons (Fsp3) is 0.950. The Morgan fingerprint density at radius 2 is 1.16 bits per heavy atom. The van der Waals surface area contributed by atoms with E-state index in [-0.39, 0.29) is 19.1 Å². The smallest absolute Gasteiger partial charge is 0.305 e. The van der Waals surface area contributed by atoms with Crippen LogP contribution in [0, 0.1) is 0 Å². The molecule has 0 aliphatic heterocycles. The van der Waals surface area contributed by atoms with Gasteiger partial charge in [0.05, 0.1) is 18.6 Å². The van der Waals surface area contributed by atoms with E-state index in [1.54, 1.807) is 0 Å². The molecule has 5 nitrogen and oxygen atoms in total. The van der Waals surface area contributed by atoms with Crippen molar-refractivity contribution >= 4 is 5.97 Å². The van der Waals surface area contributed by atoms with Crippen LogP contribution in [-0.4, -0.2) is 45.2 Å². The van der Waals surface area contributed by atoms with Gasteiger partial charge in [0, 0.05) is 6.61 Å². The maximum absolute atomic E-state index is 10.2. The first-order valence-electron chi connectivity index (χ1n) is 10.2. The predicted molar refractivity (Wildman–Crippen MR) is 103 cm³/mol. The molecule has 5 heteroatoms. The molecule has 25 heavy (non-hydrogen) atoms. The van der Waals surface area contributed by atoms with Crippen molar-refractivity contribution in [2.24, 2.45) is 0 Å². The highest BCUT2D eigenvalue weighted by molar-refractivity contribution is 5.67. The number of rotatable bonds is 16. The minimum Gasteiger partial charge on any atom is -0.481 e. The number of unbranched alkanes of at least 4 members (excludes halogenated alkanes) is 8. The molecule has 0 unspecified atom stereocenters. The van der Waals surface area contributed by atoms with Crippen LogP contribution in [0.25, 0.3) is 0 Å². The van der Waals surface area contributed by atoms with Gasteiger partial charge in [-0.1, -0.05) is 78.1 Å². The summed E-state index contributed by atoms with van der Waals surface area (Å²) in [5.41, 5.74) is 0. The molecule has 0 rings (SSSR count). The summed E-state index contributed by atoms with van der Waals surface area (Å²) in [6, 6.07) is 0. The van der Waals surface area contributed by atoms with Crippen LogP contribution in [0.2, 0.25) is 0 Å². The van der Waals surface area contributed by atoms with Crippen LogP contribution < -0.4 is 0 Å². The molecule has 0 aromatic rings. The fourth-order valence-electron chi connectivity index (χ4n) is 2.56. The molecule has 0 saturated heterocycles. The van der Waals surface area contributed by atoms with Crippen molar-refractivity contribution in [1.29, 1.82) is 0 Å². The molecule has 0 bridgehead atoms. The molecule has 4 N–H and O–H groups in total. The number of aliphatic hydroxyl groups excluding tert-OH is 3. The van der Waals surface area contributed by atoms with Crippen LogP contribution in [0.3, 0.4) is 0 Å². The number of carbonyl (C=O) groups is 1. The number of hydrogen-bond donors (Lipinski definition) is 4. The van der Waals surface area contributed by atoms with E-state index in [4.69, 9.17) is 10.2 Å². The van der Waals surface area contributed by atoms with Crippen molar-refractivity contribution in [3.63, 3.8) is 0 Å². The summed E-state index contributed by atoms with van der Waals surface area (Å²) in [7, 11) is 0. The highest BCUT2D eigenvalue weighted by Crippen LogP contribution is 2.09. The number of carboxylic acid groups (broad SMARTS) is 1. The largest absolute Gasteiger partial charge is 0.481 e. The molecule has 152 valence electrons. The normalized spacial score (nSPS) is 13.0. The van der Waals surface area contributed by atoms with Crippen molar-refractivity contribution < 1.29 is 25.2 Å². The SMILES string of the molecule is CCCCCCC[C@@H](O)CC(=O)O.CCCCCCC[C@@H](O)CCO. The van der Waals surface area contributed by atoms with Crippen LogP contribution in [0.15, 0.2) is 0 Å². The van der Waals surface area contributed by atoms with E-state index < -0.39 is 12.1 Å². The second-order valence-electron chi connectivity index (χ2n) is 6.82. The molecule has 0 heterocycles. The maximum atomic E-state index is 10.2. The van der Waals surface area contributed by atoms with E-state index in [1.165, 1.54) is 44.9 Å². The Balaban J connectivity index is 0. The lowest BCUT2D eigenvalue weighted by Crippen LogP contribution is -2.12. The van der Waals surface area contributed by atoms with E-state index in [2.05, 4.69) is 13.8 Å². The van der Waals surface area contributed by atoms with Crippen LogP contribution in [0.1, 0.15) is 104 Å². The van der Waals surface area contributed by atoms with Gasteiger partial charge in [-0.15, -0.1) is 0 Å². The summed E-state index contributed by atoms with van der Waals surface area (Å²) in [6.07, 6.45) is 12.8. The van der Waals surface area contributed by atoms with Gasteiger partial charge in [0.25, 0.3) is 0 Å². The summed E-state index contributed by atoms with van der Waals surface area (Å²) in [5, 5.41) is 35.3. The summed E-state index contributed by atoms with van der Waals surface area (Å²) < 4.78 is 0. The van der Waals surface area contributed by atoms with Crippen LogP contribution in [-0.2, 0) is 4.79 Å². The zero-order chi connectivity index (χ0) is 19.3. The summed E-state index contributed by atoms with van der Waals surface area (Å²) in [4.78, 5) is 10.2. The predicted octanol–water partition coefficient (Wildman–Crippen LogP) is 4.27. The van der Waals surface area contributed by atoms with E-state index in [9.17, 15) is 15.0 Å². The standard InChI is InChI=1S/C10H20O3.C10H22O2/c1-2-3-4-5-6-7-9(11)8-10(12)13;1-2-3-4-5-6-7-10(12)8-9-11/h9,11H,2-8H2,1H3,(H,12,13);10-12H,2-9H2,1H3/t9-;10-/m11/s1. The Kier molecular flexibility index (Phi) is 22.7. The minimum atomic E-state index is -0.916. The first kappa shape index (κ1) is 26.6. The van der Waals surface area contributed by atoms with Gasteiger partial charge in [0.2, 0.25) is 0 Å². The van der Waals surface area contributed by atoms with Crippen LogP contribution >= 0.6 is 0 Å². The summed E-state index contributed by atoms with van der Waals surface area (Å²) in [6.45, 7) is 4.45. The molecule has 0 aliphatic carbocycles. The van der Waals surface area contributed by atoms with Gasteiger partial charge in [-0.3, -0.25) is 4.79 Å². The molecule has 0 aromatic carbocycles. The highest BCUT2D eigenvalue weighted by Gasteiger charge is 2.08. The molecule has 2 atom stereocenters. The third-order valence-corrected chi connectivity index (χ3v) is 4.15. The number of aliphatic hydroxyl groups is 3. The van der Waals surface area contributed by atoms with Crippen molar-refractivity contribution in [3.8, 4) is 0 Å². The lowest BCUT2D eigenvalue weighted by Gasteiger charge is -2.07. The van der Waals surface area contributed by atoms with Crippen molar-refractivity contribution in [3.05, 3.63) is 0 Å². The van der Waals surface area contributed by atoms with Crippen molar-refractivity contribution in [2.45, 2.75) is 116 Å². The molecule has 0 aliphatic rings. The Bertz CT molecular complexity index is 271. The molecule has 0 radical (unpaired) electrons. The quantitative estimate of drug-likeness (QED) is 0.307. The average Bonchev–Trinajstić information content (AvgIpc) is 2.55. The van der Waals surface area contributed by atoms with Gasteiger partial charge in [-0.25, -0.2) is 0 Å². The maximum Gasteiger partial charge on any atom is 0.305 e. The van der Waals surface area contributed by atoms with Crippen LogP contribution in [0.5, 0.6) is 0 Å². The van der Waals surface area contributed by atoms with E-state index >= 15 is 0 Å². The Morgan fingerprint density at radius 3 is 1.56 bits per heavy atom. The first-order valence-corrected chi connectivity index (χ1v) is 10.2. The molecular formula is C20H42O5. The van der Waals surface area contributed by atoms with Crippen molar-refractivity contribution in [1.82, 2.24) is 0 Å². The zero-order valence-electron chi connectivity index (χ0n) is 16.5. The molecular weight excluding hydrogens is 320 g/mol. The second kappa shape index (κ2) is 21.4. The fourth-order valence-corrected chi connectivity index (χ4v) is 2.56. The minimum absolute atomic E-state index is 0.107. The van der Waals surface area contributed by atoms with E-state index in [0.29, 0.717) is 12.8 Å². The van der Waals surface area contributed by atoms with Gasteiger partial charge in [0.15, 0.2) is 0 Å². The van der Waals surface area contributed by atoms with Gasteiger partial charge in [0.1, 0.15) is 0 Å². The Morgan fingerprint density at radius 1 is 0.720 bits per heavy atom.